The van der Waals surface area contributed by atoms with Gasteiger partial charge >= 0.3 is 5.97 Å². The number of aliphatic hydroxyl groups is 1. The van der Waals surface area contributed by atoms with Crippen LogP contribution in [0.2, 0.25) is 0 Å². The average Bonchev–Trinajstić information content (AvgIpc) is 2.26. The van der Waals surface area contributed by atoms with E-state index in [4.69, 9.17) is 5.11 Å². The van der Waals surface area contributed by atoms with E-state index in [-0.39, 0.29) is 11.6 Å². The van der Waals surface area contributed by atoms with Crippen LogP contribution in [-0.2, 0) is 0 Å². The van der Waals surface area contributed by atoms with Crippen molar-refractivity contribution in [2.75, 3.05) is 11.9 Å². The average molecular weight is 238 g/mol. The van der Waals surface area contributed by atoms with E-state index in [0.717, 1.165) is 0 Å². The van der Waals surface area contributed by atoms with Crippen LogP contribution >= 0.6 is 0 Å². The van der Waals surface area contributed by atoms with Crippen LogP contribution in [0.25, 0.3) is 0 Å². The third-order valence-electron chi connectivity index (χ3n) is 2.84. The van der Waals surface area contributed by atoms with Gasteiger partial charge in [-0.15, -0.1) is 0 Å². The highest BCUT2D eigenvalue weighted by Gasteiger charge is 2.24. The van der Waals surface area contributed by atoms with Crippen molar-refractivity contribution >= 4 is 11.8 Å². The molecule has 0 saturated heterocycles. The highest BCUT2D eigenvalue weighted by molar-refractivity contribution is 5.85. The molecule has 0 saturated carbocycles. The van der Waals surface area contributed by atoms with Crippen molar-refractivity contribution in [1.29, 1.82) is 0 Å². The zero-order valence-corrected chi connectivity index (χ0v) is 10.3. The molecule has 3 N–H and O–H groups in total. The molecule has 5 heteroatoms. The van der Waals surface area contributed by atoms with Crippen molar-refractivity contribution in [3.8, 4) is 0 Å². The first-order valence-corrected chi connectivity index (χ1v) is 5.49. The van der Waals surface area contributed by atoms with Crippen LogP contribution in [0.3, 0.4) is 0 Å². The number of carbonyl (C=O) groups is 1. The molecule has 0 radical (unpaired) electrons. The lowest BCUT2D eigenvalue weighted by molar-refractivity contribution is 0.0265. The quantitative estimate of drug-likeness (QED) is 0.725. The Balaban J connectivity index is 2.70. The van der Waals surface area contributed by atoms with Crippen LogP contribution in [0, 0.1) is 5.92 Å². The number of aromatic carboxylic acids is 1. The zero-order valence-electron chi connectivity index (χ0n) is 10.3. The van der Waals surface area contributed by atoms with E-state index in [1.807, 2.05) is 13.8 Å². The SMILES string of the molecule is CC(C)C(C)(O)CNc1cccc(C(=O)O)n1. The van der Waals surface area contributed by atoms with Crippen molar-refractivity contribution < 1.29 is 15.0 Å². The summed E-state index contributed by atoms with van der Waals surface area (Å²) in [4.78, 5) is 14.6. The Bertz CT molecular complexity index is 402. The molecule has 1 aromatic rings. The molecule has 0 spiro atoms. The van der Waals surface area contributed by atoms with Gasteiger partial charge in [-0.3, -0.25) is 0 Å². The maximum Gasteiger partial charge on any atom is 0.354 e. The van der Waals surface area contributed by atoms with Gasteiger partial charge in [-0.2, -0.15) is 0 Å². The van der Waals surface area contributed by atoms with E-state index < -0.39 is 11.6 Å². The second-order valence-corrected chi connectivity index (χ2v) is 4.58. The summed E-state index contributed by atoms with van der Waals surface area (Å²) in [5.74, 6) is -0.521. The van der Waals surface area contributed by atoms with Gasteiger partial charge in [0.2, 0.25) is 0 Å². The Morgan fingerprint density at radius 3 is 2.71 bits per heavy atom. The van der Waals surface area contributed by atoms with Gasteiger partial charge in [0, 0.05) is 6.54 Å². The van der Waals surface area contributed by atoms with Gasteiger partial charge in [-0.25, -0.2) is 9.78 Å². The van der Waals surface area contributed by atoms with E-state index in [0.29, 0.717) is 12.4 Å². The number of carboxylic acid groups (broad SMARTS) is 1. The molecular weight excluding hydrogens is 220 g/mol. The fraction of sp³-hybridized carbons (Fsp3) is 0.500. The maximum absolute atomic E-state index is 10.7. The molecule has 1 atom stereocenters. The Morgan fingerprint density at radius 2 is 2.18 bits per heavy atom. The van der Waals surface area contributed by atoms with Crippen molar-refractivity contribution in [1.82, 2.24) is 4.98 Å². The van der Waals surface area contributed by atoms with Gasteiger partial charge in [-0.05, 0) is 25.0 Å². The first-order valence-electron chi connectivity index (χ1n) is 5.49. The lowest BCUT2D eigenvalue weighted by atomic mass is 9.93. The van der Waals surface area contributed by atoms with Crippen molar-refractivity contribution in [2.24, 2.45) is 5.92 Å². The number of nitrogens with one attached hydrogen (secondary N) is 1. The maximum atomic E-state index is 10.7. The summed E-state index contributed by atoms with van der Waals surface area (Å²) in [5.41, 5.74) is -0.875. The number of pyridine rings is 1. The molecule has 0 fully saturated rings. The Morgan fingerprint density at radius 1 is 1.53 bits per heavy atom. The summed E-state index contributed by atoms with van der Waals surface area (Å²) in [7, 11) is 0. The van der Waals surface area contributed by atoms with Crippen molar-refractivity contribution in [2.45, 2.75) is 26.4 Å². The Kier molecular flexibility index (Phi) is 4.07. The third kappa shape index (κ3) is 3.71. The Hall–Kier alpha value is -1.62. The summed E-state index contributed by atoms with van der Waals surface area (Å²) in [6.45, 7) is 5.89. The van der Waals surface area contributed by atoms with Gasteiger partial charge in [0.15, 0.2) is 5.69 Å². The van der Waals surface area contributed by atoms with E-state index in [9.17, 15) is 9.90 Å². The van der Waals surface area contributed by atoms with Gasteiger partial charge in [0.1, 0.15) is 5.82 Å². The van der Waals surface area contributed by atoms with Gasteiger partial charge < -0.3 is 15.5 Å². The van der Waals surface area contributed by atoms with Crippen LogP contribution in [0.15, 0.2) is 18.2 Å². The summed E-state index contributed by atoms with van der Waals surface area (Å²) >= 11 is 0. The molecular formula is C12H18N2O3. The smallest absolute Gasteiger partial charge is 0.354 e. The lowest BCUT2D eigenvalue weighted by Gasteiger charge is -2.28. The highest BCUT2D eigenvalue weighted by atomic mass is 16.4. The molecule has 94 valence electrons. The summed E-state index contributed by atoms with van der Waals surface area (Å²) in [5, 5.41) is 21.7. The van der Waals surface area contributed by atoms with E-state index >= 15 is 0 Å². The molecule has 0 aliphatic carbocycles. The number of rotatable bonds is 5. The topological polar surface area (TPSA) is 82.5 Å². The largest absolute Gasteiger partial charge is 0.477 e. The second-order valence-electron chi connectivity index (χ2n) is 4.58. The highest BCUT2D eigenvalue weighted by Crippen LogP contribution is 2.16. The Labute approximate surface area is 101 Å². The molecule has 0 aliphatic rings. The van der Waals surface area contributed by atoms with Crippen LogP contribution in [-0.4, -0.2) is 33.3 Å². The molecule has 5 nitrogen and oxygen atoms in total. The second kappa shape index (κ2) is 5.14. The number of nitrogens with zero attached hydrogens (tertiary/aromatic N) is 1. The molecule has 0 aliphatic heterocycles. The van der Waals surface area contributed by atoms with E-state index in [2.05, 4.69) is 10.3 Å². The molecule has 1 heterocycles. The summed E-state index contributed by atoms with van der Waals surface area (Å²) in [6.07, 6.45) is 0. The predicted octanol–water partition coefficient (Wildman–Crippen LogP) is 1.60. The summed E-state index contributed by atoms with van der Waals surface area (Å²) < 4.78 is 0. The lowest BCUT2D eigenvalue weighted by Crippen LogP contribution is -2.38. The molecule has 0 aromatic carbocycles. The van der Waals surface area contributed by atoms with Crippen LogP contribution in [0.4, 0.5) is 5.82 Å². The fourth-order valence-electron chi connectivity index (χ4n) is 1.13. The minimum Gasteiger partial charge on any atom is -0.477 e. The van der Waals surface area contributed by atoms with Crippen LogP contribution in [0.5, 0.6) is 0 Å². The van der Waals surface area contributed by atoms with Gasteiger partial charge in [-0.1, -0.05) is 19.9 Å². The number of carboxylic acids is 1. The monoisotopic (exact) mass is 238 g/mol. The molecule has 17 heavy (non-hydrogen) atoms. The van der Waals surface area contributed by atoms with Crippen molar-refractivity contribution in [3.05, 3.63) is 23.9 Å². The summed E-state index contributed by atoms with van der Waals surface area (Å²) in [6, 6.07) is 4.71. The molecule has 1 aromatic heterocycles. The first-order chi connectivity index (χ1) is 7.83. The fourth-order valence-corrected chi connectivity index (χ4v) is 1.13. The van der Waals surface area contributed by atoms with Crippen LogP contribution in [0.1, 0.15) is 31.3 Å². The van der Waals surface area contributed by atoms with E-state index in [1.165, 1.54) is 6.07 Å². The number of aromatic nitrogens is 1. The van der Waals surface area contributed by atoms with E-state index in [1.54, 1.807) is 19.1 Å². The molecule has 1 rings (SSSR count). The number of hydrogen-bond acceptors (Lipinski definition) is 4. The predicted molar refractivity (Wildman–Crippen MR) is 65.1 cm³/mol. The first kappa shape index (κ1) is 13.4. The zero-order chi connectivity index (χ0) is 13.1. The number of anilines is 1. The van der Waals surface area contributed by atoms with Crippen molar-refractivity contribution in [3.63, 3.8) is 0 Å². The normalized spacial score (nSPS) is 14.4. The molecule has 0 amide bonds. The standard InChI is InChI=1S/C12H18N2O3/c1-8(2)12(3,17)7-13-10-6-4-5-9(14-10)11(15)16/h4-6,8,17H,7H2,1-3H3,(H,13,14)(H,15,16). The third-order valence-corrected chi connectivity index (χ3v) is 2.84. The van der Waals surface area contributed by atoms with Gasteiger partial charge in [0.25, 0.3) is 0 Å². The molecule has 1 unspecified atom stereocenters. The van der Waals surface area contributed by atoms with Gasteiger partial charge in [0.05, 0.1) is 5.60 Å². The molecule has 0 bridgehead atoms. The van der Waals surface area contributed by atoms with Crippen LogP contribution < -0.4 is 5.32 Å². The minimum atomic E-state index is -1.07. The minimum absolute atomic E-state index is 0.0146. The number of hydrogen-bond donors (Lipinski definition) is 3.